The molecule has 0 unspecified atom stereocenters. The van der Waals surface area contributed by atoms with E-state index in [1.54, 1.807) is 0 Å². The van der Waals surface area contributed by atoms with Gasteiger partial charge in [-0.25, -0.2) is 0 Å². The molecule has 0 fully saturated rings. The van der Waals surface area contributed by atoms with E-state index in [4.69, 9.17) is 4.52 Å². The molecule has 100 valence electrons. The fraction of sp³-hybridized carbons (Fsp3) is 0.333. The van der Waals surface area contributed by atoms with Crippen LogP contribution in [0.4, 0.5) is 0 Å². The third kappa shape index (κ3) is 3.02. The van der Waals surface area contributed by atoms with E-state index in [0.717, 1.165) is 11.3 Å². The lowest BCUT2D eigenvalue weighted by Gasteiger charge is -2.23. The number of nitrogens with zero attached hydrogens (tertiary/aromatic N) is 1. The molecule has 1 aromatic heterocycles. The van der Waals surface area contributed by atoms with Gasteiger partial charge in [-0.15, -0.1) is 0 Å². The van der Waals surface area contributed by atoms with E-state index in [-0.39, 0.29) is 5.91 Å². The molecule has 1 heterocycles. The average Bonchev–Trinajstić information content (AvgIpc) is 2.77. The van der Waals surface area contributed by atoms with Crippen molar-refractivity contribution in [2.24, 2.45) is 0 Å². The van der Waals surface area contributed by atoms with Gasteiger partial charge in [0.05, 0.1) is 11.2 Å². The summed E-state index contributed by atoms with van der Waals surface area (Å²) in [6.07, 6.45) is 0. The highest BCUT2D eigenvalue weighted by molar-refractivity contribution is 5.94. The molecule has 0 radical (unpaired) electrons. The summed E-state index contributed by atoms with van der Waals surface area (Å²) in [5, 5.41) is 6.80. The van der Waals surface area contributed by atoms with Crippen molar-refractivity contribution < 1.29 is 9.32 Å². The lowest BCUT2D eigenvalue weighted by Crippen LogP contribution is -2.40. The van der Waals surface area contributed by atoms with Gasteiger partial charge in [-0.1, -0.05) is 22.9 Å². The summed E-state index contributed by atoms with van der Waals surface area (Å²) in [6.45, 7) is 7.62. The quantitative estimate of drug-likeness (QED) is 0.920. The number of carbonyl (C=O) groups is 1. The van der Waals surface area contributed by atoms with Gasteiger partial charge in [0.25, 0.3) is 5.91 Å². The zero-order chi connectivity index (χ0) is 14.0. The average molecular weight is 258 g/mol. The number of aryl methyl sites for hydroxylation is 2. The molecule has 2 aromatic rings. The fourth-order valence-electron chi connectivity index (χ4n) is 1.78. The topological polar surface area (TPSA) is 55.1 Å². The van der Waals surface area contributed by atoms with Gasteiger partial charge in [0.2, 0.25) is 0 Å². The number of amides is 1. The monoisotopic (exact) mass is 258 g/mol. The van der Waals surface area contributed by atoms with Crippen molar-refractivity contribution in [3.05, 3.63) is 52.9 Å². The number of nitrogens with one attached hydrogen (secondary N) is 1. The largest absolute Gasteiger partial charge is 0.359 e. The molecule has 4 heteroatoms. The zero-order valence-electron chi connectivity index (χ0n) is 11.7. The van der Waals surface area contributed by atoms with Crippen molar-refractivity contribution in [3.63, 3.8) is 0 Å². The number of hydrogen-bond acceptors (Lipinski definition) is 3. The van der Waals surface area contributed by atoms with Crippen LogP contribution in [0, 0.1) is 13.8 Å². The second-order valence-electron chi connectivity index (χ2n) is 5.28. The lowest BCUT2D eigenvalue weighted by molar-refractivity contribution is 0.0898. The summed E-state index contributed by atoms with van der Waals surface area (Å²) in [5.41, 5.74) is 1.97. The normalized spacial score (nSPS) is 11.4. The van der Waals surface area contributed by atoms with Crippen molar-refractivity contribution in [1.29, 1.82) is 0 Å². The molecular formula is C15H18N2O2. The molecule has 1 amide bonds. The standard InChI is InChI=1S/C15H18N2O2/c1-10-5-7-12(8-6-10)14(18)16-15(3,4)13-9-11(2)17-19-13/h5-9H,1-4H3,(H,16,18). The number of benzene rings is 1. The van der Waals surface area contributed by atoms with E-state index < -0.39 is 5.54 Å². The van der Waals surface area contributed by atoms with Gasteiger partial charge < -0.3 is 9.84 Å². The van der Waals surface area contributed by atoms with Crippen molar-refractivity contribution in [3.8, 4) is 0 Å². The predicted molar refractivity (Wildman–Crippen MR) is 72.9 cm³/mol. The summed E-state index contributed by atoms with van der Waals surface area (Å²) < 4.78 is 5.22. The van der Waals surface area contributed by atoms with Crippen LogP contribution in [0.2, 0.25) is 0 Å². The molecule has 0 atom stereocenters. The molecule has 19 heavy (non-hydrogen) atoms. The van der Waals surface area contributed by atoms with Crippen LogP contribution in [0.1, 0.15) is 41.2 Å². The van der Waals surface area contributed by atoms with Gasteiger partial charge in [-0.05, 0) is 39.8 Å². The molecule has 0 spiro atoms. The van der Waals surface area contributed by atoms with Crippen LogP contribution >= 0.6 is 0 Å². The Morgan fingerprint density at radius 2 is 1.84 bits per heavy atom. The minimum Gasteiger partial charge on any atom is -0.359 e. The molecule has 1 aromatic carbocycles. The predicted octanol–water partition coefficient (Wildman–Crippen LogP) is 2.96. The highest BCUT2D eigenvalue weighted by atomic mass is 16.5. The molecule has 4 nitrogen and oxygen atoms in total. The van der Waals surface area contributed by atoms with E-state index in [1.807, 2.05) is 58.0 Å². The van der Waals surface area contributed by atoms with Crippen LogP contribution < -0.4 is 5.32 Å². The molecule has 0 aliphatic carbocycles. The molecule has 0 aliphatic rings. The summed E-state index contributed by atoms with van der Waals surface area (Å²) in [7, 11) is 0. The number of rotatable bonds is 3. The third-order valence-corrected chi connectivity index (χ3v) is 2.98. The second kappa shape index (κ2) is 4.88. The van der Waals surface area contributed by atoms with Crippen LogP contribution in [0.15, 0.2) is 34.9 Å². The van der Waals surface area contributed by atoms with Crippen molar-refractivity contribution in [2.45, 2.75) is 33.2 Å². The summed E-state index contributed by atoms with van der Waals surface area (Å²) in [6, 6.07) is 9.29. The Labute approximate surface area is 112 Å². The van der Waals surface area contributed by atoms with Gasteiger partial charge in [-0.3, -0.25) is 4.79 Å². The number of hydrogen-bond donors (Lipinski definition) is 1. The summed E-state index contributed by atoms with van der Waals surface area (Å²) in [5.74, 6) is 0.518. The van der Waals surface area contributed by atoms with Crippen molar-refractivity contribution >= 4 is 5.91 Å². The first kappa shape index (κ1) is 13.3. The van der Waals surface area contributed by atoms with E-state index in [0.29, 0.717) is 11.3 Å². The SMILES string of the molecule is Cc1ccc(C(=O)NC(C)(C)c2cc(C)no2)cc1. The first-order valence-corrected chi connectivity index (χ1v) is 6.21. The minimum atomic E-state index is -0.594. The van der Waals surface area contributed by atoms with Gasteiger partial charge in [-0.2, -0.15) is 0 Å². The maximum atomic E-state index is 12.2. The Kier molecular flexibility index (Phi) is 3.42. The minimum absolute atomic E-state index is 0.126. The first-order valence-electron chi connectivity index (χ1n) is 6.21. The van der Waals surface area contributed by atoms with Gasteiger partial charge in [0, 0.05) is 11.6 Å². The van der Waals surface area contributed by atoms with E-state index >= 15 is 0 Å². The lowest BCUT2D eigenvalue weighted by atomic mass is 10.0. The maximum absolute atomic E-state index is 12.2. The molecular weight excluding hydrogens is 240 g/mol. The van der Waals surface area contributed by atoms with Crippen molar-refractivity contribution in [2.75, 3.05) is 0 Å². The van der Waals surface area contributed by atoms with Crippen LogP contribution in [0.5, 0.6) is 0 Å². The molecule has 1 N–H and O–H groups in total. The highest BCUT2D eigenvalue weighted by Crippen LogP contribution is 2.21. The number of aromatic nitrogens is 1. The fourth-order valence-corrected chi connectivity index (χ4v) is 1.78. The Balaban J connectivity index is 2.16. The van der Waals surface area contributed by atoms with Crippen LogP contribution in [-0.4, -0.2) is 11.1 Å². The molecule has 0 aliphatic heterocycles. The first-order chi connectivity index (χ1) is 8.88. The van der Waals surface area contributed by atoms with Gasteiger partial charge >= 0.3 is 0 Å². The summed E-state index contributed by atoms with van der Waals surface area (Å²) >= 11 is 0. The Morgan fingerprint density at radius 3 is 2.37 bits per heavy atom. The van der Waals surface area contributed by atoms with Crippen LogP contribution in [0.25, 0.3) is 0 Å². The van der Waals surface area contributed by atoms with E-state index in [1.165, 1.54) is 0 Å². The number of carbonyl (C=O) groups excluding carboxylic acids is 1. The van der Waals surface area contributed by atoms with Crippen LogP contribution in [-0.2, 0) is 5.54 Å². The summed E-state index contributed by atoms with van der Waals surface area (Å²) in [4.78, 5) is 12.2. The smallest absolute Gasteiger partial charge is 0.252 e. The second-order valence-corrected chi connectivity index (χ2v) is 5.28. The van der Waals surface area contributed by atoms with Gasteiger partial charge in [0.15, 0.2) is 5.76 Å². The highest BCUT2D eigenvalue weighted by Gasteiger charge is 2.27. The molecule has 0 saturated heterocycles. The van der Waals surface area contributed by atoms with Crippen molar-refractivity contribution in [1.82, 2.24) is 10.5 Å². The zero-order valence-corrected chi connectivity index (χ0v) is 11.7. The van der Waals surface area contributed by atoms with E-state index in [9.17, 15) is 4.79 Å². The maximum Gasteiger partial charge on any atom is 0.252 e. The third-order valence-electron chi connectivity index (χ3n) is 2.98. The molecule has 0 bridgehead atoms. The molecule has 2 rings (SSSR count). The molecule has 0 saturated carbocycles. The van der Waals surface area contributed by atoms with E-state index in [2.05, 4.69) is 10.5 Å². The van der Waals surface area contributed by atoms with Gasteiger partial charge in [0.1, 0.15) is 0 Å². The Hall–Kier alpha value is -2.10. The Morgan fingerprint density at radius 1 is 1.21 bits per heavy atom. The van der Waals surface area contributed by atoms with Crippen LogP contribution in [0.3, 0.4) is 0 Å². The Bertz CT molecular complexity index is 582.